The third kappa shape index (κ3) is 4.51. The van der Waals surface area contributed by atoms with Gasteiger partial charge in [0.1, 0.15) is 11.2 Å². The van der Waals surface area contributed by atoms with Crippen molar-refractivity contribution in [3.05, 3.63) is 170 Å². The Kier molecular flexibility index (Phi) is 6.18. The van der Waals surface area contributed by atoms with Crippen LogP contribution in [0.4, 0.5) is 0 Å². The number of nitrogens with zero attached hydrogens (tertiary/aromatic N) is 2. The summed E-state index contributed by atoms with van der Waals surface area (Å²) >= 11 is 0. The smallest absolute Gasteiger partial charge is 0.164 e. The highest BCUT2D eigenvalue weighted by Gasteiger charge is 2.18. The van der Waals surface area contributed by atoms with Gasteiger partial charge in [0.15, 0.2) is 5.82 Å². The molecule has 3 nitrogen and oxygen atoms in total. The van der Waals surface area contributed by atoms with Crippen molar-refractivity contribution in [1.29, 1.82) is 0 Å². The first-order valence-electron chi connectivity index (χ1n) is 16.6. The molecule has 0 fully saturated rings. The Balaban J connectivity index is 1.14. The zero-order chi connectivity index (χ0) is 32.3. The molecule has 8 aromatic carbocycles. The van der Waals surface area contributed by atoms with Crippen molar-refractivity contribution in [2.75, 3.05) is 0 Å². The fourth-order valence-corrected chi connectivity index (χ4v) is 7.32. The third-order valence-electron chi connectivity index (χ3n) is 9.68. The molecule has 49 heavy (non-hydrogen) atoms. The van der Waals surface area contributed by atoms with Crippen molar-refractivity contribution in [3.63, 3.8) is 0 Å². The second-order valence-electron chi connectivity index (χ2n) is 12.5. The molecule has 3 heteroatoms. The molecular weight excluding hydrogens is 597 g/mol. The molecule has 0 spiro atoms. The maximum atomic E-state index is 6.62. The predicted octanol–water partition coefficient (Wildman–Crippen LogP) is 12.5. The Morgan fingerprint density at radius 1 is 0.327 bits per heavy atom. The van der Waals surface area contributed by atoms with E-state index in [0.29, 0.717) is 5.82 Å². The molecule has 0 aliphatic heterocycles. The van der Waals surface area contributed by atoms with E-state index in [2.05, 4.69) is 133 Å². The molecule has 0 bridgehead atoms. The van der Waals surface area contributed by atoms with Crippen molar-refractivity contribution >= 4 is 54.3 Å². The molecule has 0 aliphatic rings. The normalized spacial score (nSPS) is 11.7. The van der Waals surface area contributed by atoms with Crippen molar-refractivity contribution in [2.45, 2.75) is 0 Å². The maximum absolute atomic E-state index is 6.62. The van der Waals surface area contributed by atoms with Crippen LogP contribution in [0.5, 0.6) is 0 Å². The molecule has 0 N–H and O–H groups in total. The summed E-state index contributed by atoms with van der Waals surface area (Å²) in [6.07, 6.45) is 0. The van der Waals surface area contributed by atoms with Gasteiger partial charge in [0.05, 0.1) is 17.0 Å². The lowest BCUT2D eigenvalue weighted by Crippen LogP contribution is -1.96. The quantitative estimate of drug-likeness (QED) is 0.183. The van der Waals surface area contributed by atoms with Gasteiger partial charge >= 0.3 is 0 Å². The van der Waals surface area contributed by atoms with Gasteiger partial charge in [-0.25, -0.2) is 9.97 Å². The van der Waals surface area contributed by atoms with Crippen molar-refractivity contribution in [3.8, 4) is 45.0 Å². The molecule has 228 valence electrons. The molecule has 2 aromatic heterocycles. The molecule has 2 heterocycles. The number of hydrogen-bond donors (Lipinski definition) is 0. The first-order chi connectivity index (χ1) is 24.3. The van der Waals surface area contributed by atoms with Gasteiger partial charge in [0.2, 0.25) is 0 Å². The summed E-state index contributed by atoms with van der Waals surface area (Å²) in [6, 6.07) is 59.7. The maximum Gasteiger partial charge on any atom is 0.164 e. The molecule has 0 amide bonds. The van der Waals surface area contributed by atoms with E-state index in [1.54, 1.807) is 0 Å². The summed E-state index contributed by atoms with van der Waals surface area (Å²) in [5.74, 6) is 0.638. The number of hydrogen-bond acceptors (Lipinski definition) is 3. The number of furan rings is 1. The van der Waals surface area contributed by atoms with E-state index in [1.165, 1.54) is 37.9 Å². The van der Waals surface area contributed by atoms with E-state index >= 15 is 0 Å². The molecule has 0 atom stereocenters. The molecule has 0 saturated heterocycles. The Morgan fingerprint density at radius 2 is 0.816 bits per heavy atom. The van der Waals surface area contributed by atoms with Crippen LogP contribution in [0.1, 0.15) is 0 Å². The highest BCUT2D eigenvalue weighted by atomic mass is 16.3. The zero-order valence-corrected chi connectivity index (χ0v) is 26.5. The second kappa shape index (κ2) is 11.0. The van der Waals surface area contributed by atoms with Crippen molar-refractivity contribution in [1.82, 2.24) is 9.97 Å². The van der Waals surface area contributed by atoms with E-state index < -0.39 is 0 Å². The Morgan fingerprint density at radius 3 is 1.43 bits per heavy atom. The lowest BCUT2D eigenvalue weighted by molar-refractivity contribution is 0.669. The molecule has 0 radical (unpaired) electrons. The van der Waals surface area contributed by atoms with Crippen molar-refractivity contribution in [2.24, 2.45) is 0 Å². The van der Waals surface area contributed by atoms with Crippen LogP contribution in [-0.4, -0.2) is 9.97 Å². The first-order valence-corrected chi connectivity index (χ1v) is 16.6. The molecule has 10 aromatic rings. The van der Waals surface area contributed by atoms with Gasteiger partial charge in [-0.2, -0.15) is 0 Å². The minimum atomic E-state index is 0.638. The predicted molar refractivity (Wildman–Crippen MR) is 204 cm³/mol. The van der Waals surface area contributed by atoms with Gasteiger partial charge in [-0.3, -0.25) is 0 Å². The number of fused-ring (bicyclic) bond motifs is 9. The average molecular weight is 625 g/mol. The highest BCUT2D eigenvalue weighted by molar-refractivity contribution is 6.25. The van der Waals surface area contributed by atoms with Crippen LogP contribution in [-0.2, 0) is 0 Å². The highest BCUT2D eigenvalue weighted by Crippen LogP contribution is 2.40. The number of benzene rings is 8. The molecule has 0 aliphatic carbocycles. The van der Waals surface area contributed by atoms with Crippen LogP contribution >= 0.6 is 0 Å². The van der Waals surface area contributed by atoms with E-state index in [4.69, 9.17) is 14.4 Å². The zero-order valence-electron chi connectivity index (χ0n) is 26.5. The largest absolute Gasteiger partial charge is 0.455 e. The first kappa shape index (κ1) is 27.5. The van der Waals surface area contributed by atoms with E-state index in [-0.39, 0.29) is 0 Å². The van der Waals surface area contributed by atoms with Crippen molar-refractivity contribution < 1.29 is 4.42 Å². The van der Waals surface area contributed by atoms with Gasteiger partial charge in [0.25, 0.3) is 0 Å². The van der Waals surface area contributed by atoms with Crippen LogP contribution in [0.3, 0.4) is 0 Å². The van der Waals surface area contributed by atoms with Crippen LogP contribution in [0.2, 0.25) is 0 Å². The summed E-state index contributed by atoms with van der Waals surface area (Å²) in [5.41, 5.74) is 8.64. The van der Waals surface area contributed by atoms with Crippen LogP contribution in [0, 0.1) is 0 Å². The minimum Gasteiger partial charge on any atom is -0.455 e. The summed E-state index contributed by atoms with van der Waals surface area (Å²) in [4.78, 5) is 10.2. The number of aromatic nitrogens is 2. The van der Waals surface area contributed by atoms with Crippen LogP contribution in [0.25, 0.3) is 99.3 Å². The molecular formula is C46H28N2O. The topological polar surface area (TPSA) is 38.9 Å². The number of rotatable bonds is 4. The second-order valence-corrected chi connectivity index (χ2v) is 12.5. The minimum absolute atomic E-state index is 0.638. The monoisotopic (exact) mass is 624 g/mol. The van der Waals surface area contributed by atoms with Gasteiger partial charge in [-0.15, -0.1) is 0 Å². The van der Waals surface area contributed by atoms with Gasteiger partial charge in [0, 0.05) is 21.9 Å². The van der Waals surface area contributed by atoms with Gasteiger partial charge in [-0.1, -0.05) is 140 Å². The molecule has 10 rings (SSSR count). The standard InChI is InChI=1S/C46H28N2O/c1-3-12-29(13-4-1)42-28-43(30-14-5-2-6-15-30)48-46(47-42)39-21-11-20-38-41-27-32(23-25-44(41)49-45(38)39)31-22-24-37-35-18-8-7-16-33(35)34-17-9-10-19-36(34)40(37)26-31/h1-28H. The molecule has 0 unspecified atom stereocenters. The van der Waals surface area contributed by atoms with E-state index in [9.17, 15) is 0 Å². The Bertz CT molecular complexity index is 2780. The average Bonchev–Trinajstić information content (AvgIpc) is 3.56. The Labute approximate surface area is 282 Å². The summed E-state index contributed by atoms with van der Waals surface area (Å²) in [5, 5.41) is 9.75. The van der Waals surface area contributed by atoms with Gasteiger partial charge < -0.3 is 4.42 Å². The third-order valence-corrected chi connectivity index (χ3v) is 9.68. The fourth-order valence-electron chi connectivity index (χ4n) is 7.32. The van der Waals surface area contributed by atoms with Crippen LogP contribution in [0.15, 0.2) is 174 Å². The Hall–Kier alpha value is -6.58. The lowest BCUT2D eigenvalue weighted by atomic mass is 9.92. The SMILES string of the molecule is c1ccc(-c2cc(-c3ccccc3)nc(-c3cccc4c3oc3ccc(-c5ccc6c7ccccc7c7ccccc7c6c5)cc34)n2)cc1. The van der Waals surface area contributed by atoms with E-state index in [1.807, 2.05) is 36.4 Å². The van der Waals surface area contributed by atoms with E-state index in [0.717, 1.165) is 55.6 Å². The number of para-hydroxylation sites is 1. The summed E-state index contributed by atoms with van der Waals surface area (Å²) in [6.45, 7) is 0. The van der Waals surface area contributed by atoms with Crippen LogP contribution < -0.4 is 0 Å². The molecule has 0 saturated carbocycles. The summed E-state index contributed by atoms with van der Waals surface area (Å²) < 4.78 is 6.62. The summed E-state index contributed by atoms with van der Waals surface area (Å²) in [7, 11) is 0. The lowest BCUT2D eigenvalue weighted by Gasteiger charge is -2.12. The van der Waals surface area contributed by atoms with Gasteiger partial charge in [-0.05, 0) is 73.8 Å². The fraction of sp³-hybridized carbons (Fsp3) is 0.